The first kappa shape index (κ1) is 19.0. The Kier molecular flexibility index (Phi) is 6.35. The van der Waals surface area contributed by atoms with Crippen molar-refractivity contribution in [3.05, 3.63) is 70.8 Å². The van der Waals surface area contributed by atoms with Crippen LogP contribution >= 0.6 is 0 Å². The molecule has 26 heavy (non-hydrogen) atoms. The number of hydrogen-bond donors (Lipinski definition) is 0. The van der Waals surface area contributed by atoms with Crippen LogP contribution in [0, 0.1) is 5.92 Å². The molecule has 0 bridgehead atoms. The SMILES string of the molecule is CC1CCC(c2cccc(C3=Cc4ccccc4[C@@H]3C)c2)CC1.CCC. The second-order valence-corrected chi connectivity index (χ2v) is 8.24. The molecule has 0 heterocycles. The van der Waals surface area contributed by atoms with Gasteiger partial charge in [0.05, 0.1) is 0 Å². The Morgan fingerprint density at radius 1 is 0.846 bits per heavy atom. The van der Waals surface area contributed by atoms with Gasteiger partial charge in [0.1, 0.15) is 0 Å². The van der Waals surface area contributed by atoms with Crippen LogP contribution < -0.4 is 0 Å². The molecule has 0 nitrogen and oxygen atoms in total. The van der Waals surface area contributed by atoms with E-state index in [0.29, 0.717) is 5.92 Å². The minimum absolute atomic E-state index is 0.507. The van der Waals surface area contributed by atoms with E-state index in [1.807, 2.05) is 0 Å². The summed E-state index contributed by atoms with van der Waals surface area (Å²) >= 11 is 0. The maximum absolute atomic E-state index is 2.47. The summed E-state index contributed by atoms with van der Waals surface area (Å²) in [5.41, 5.74) is 7.33. The topological polar surface area (TPSA) is 0 Å². The van der Waals surface area contributed by atoms with Crippen molar-refractivity contribution in [1.82, 2.24) is 0 Å². The van der Waals surface area contributed by atoms with E-state index in [9.17, 15) is 0 Å². The summed E-state index contributed by atoms with van der Waals surface area (Å²) in [4.78, 5) is 0. The number of hydrogen-bond acceptors (Lipinski definition) is 0. The fourth-order valence-corrected chi connectivity index (χ4v) is 4.40. The molecule has 2 aliphatic rings. The maximum atomic E-state index is 2.47. The largest absolute Gasteiger partial charge is 0.0656 e. The van der Waals surface area contributed by atoms with Crippen LogP contribution in [0.1, 0.15) is 93.9 Å². The van der Waals surface area contributed by atoms with Crippen LogP contribution in [0.5, 0.6) is 0 Å². The van der Waals surface area contributed by atoms with E-state index in [1.165, 1.54) is 54.4 Å². The lowest BCUT2D eigenvalue weighted by Gasteiger charge is -2.27. The minimum Gasteiger partial charge on any atom is -0.0656 e. The van der Waals surface area contributed by atoms with Crippen LogP contribution in [0.25, 0.3) is 11.6 Å². The van der Waals surface area contributed by atoms with Gasteiger partial charge >= 0.3 is 0 Å². The molecule has 4 rings (SSSR count). The van der Waals surface area contributed by atoms with Crippen molar-refractivity contribution in [2.75, 3.05) is 0 Å². The van der Waals surface area contributed by atoms with Gasteiger partial charge < -0.3 is 0 Å². The quantitative estimate of drug-likeness (QED) is 0.516. The first-order valence-electron chi connectivity index (χ1n) is 10.5. The molecule has 1 fully saturated rings. The van der Waals surface area contributed by atoms with E-state index >= 15 is 0 Å². The normalized spacial score (nSPS) is 24.3. The summed E-state index contributed by atoms with van der Waals surface area (Å²) in [6, 6.07) is 18.2. The second kappa shape index (κ2) is 8.71. The highest BCUT2D eigenvalue weighted by Crippen LogP contribution is 2.43. The van der Waals surface area contributed by atoms with Crippen LogP contribution in [0.15, 0.2) is 48.5 Å². The molecule has 0 spiro atoms. The molecule has 2 aromatic carbocycles. The average Bonchev–Trinajstić information content (AvgIpc) is 3.00. The Morgan fingerprint density at radius 3 is 2.23 bits per heavy atom. The smallest absolute Gasteiger partial charge is 0.00730 e. The molecule has 0 aromatic heterocycles. The zero-order valence-electron chi connectivity index (χ0n) is 17.0. The van der Waals surface area contributed by atoms with Crippen LogP contribution in [0.2, 0.25) is 0 Å². The van der Waals surface area contributed by atoms with Gasteiger partial charge in [-0.1, -0.05) is 102 Å². The molecule has 2 aromatic rings. The Morgan fingerprint density at radius 2 is 1.54 bits per heavy atom. The van der Waals surface area contributed by atoms with E-state index in [1.54, 1.807) is 5.56 Å². The molecule has 0 aliphatic heterocycles. The molecular formula is C26H34. The van der Waals surface area contributed by atoms with Gasteiger partial charge in [-0.25, -0.2) is 0 Å². The van der Waals surface area contributed by atoms with Gasteiger partial charge in [-0.3, -0.25) is 0 Å². The van der Waals surface area contributed by atoms with Gasteiger partial charge in [0.2, 0.25) is 0 Å². The summed E-state index contributed by atoms with van der Waals surface area (Å²) in [6.45, 7) is 8.99. The molecule has 138 valence electrons. The van der Waals surface area contributed by atoms with E-state index in [2.05, 4.69) is 82.3 Å². The molecule has 0 unspecified atom stereocenters. The zero-order valence-corrected chi connectivity index (χ0v) is 17.0. The third kappa shape index (κ3) is 4.11. The lowest BCUT2D eigenvalue weighted by Crippen LogP contribution is -2.11. The molecular weight excluding hydrogens is 312 g/mol. The zero-order chi connectivity index (χ0) is 18.5. The van der Waals surface area contributed by atoms with Crippen LogP contribution in [0.3, 0.4) is 0 Å². The highest BCUT2D eigenvalue weighted by Gasteiger charge is 2.24. The Bertz CT molecular complexity index is 744. The van der Waals surface area contributed by atoms with E-state index in [0.717, 1.165) is 11.8 Å². The Hall–Kier alpha value is -1.82. The lowest BCUT2D eigenvalue weighted by atomic mass is 9.79. The summed E-state index contributed by atoms with van der Waals surface area (Å²) in [5, 5.41) is 0. The molecule has 1 atom stereocenters. The van der Waals surface area contributed by atoms with E-state index < -0.39 is 0 Å². The van der Waals surface area contributed by atoms with E-state index in [4.69, 9.17) is 0 Å². The summed E-state index contributed by atoms with van der Waals surface area (Å²) < 4.78 is 0. The van der Waals surface area contributed by atoms with Crippen molar-refractivity contribution in [2.24, 2.45) is 5.92 Å². The molecule has 0 saturated heterocycles. The Balaban J connectivity index is 0.000000613. The third-order valence-electron chi connectivity index (χ3n) is 5.95. The number of allylic oxidation sites excluding steroid dienone is 1. The fraction of sp³-hybridized carbons (Fsp3) is 0.462. The third-order valence-corrected chi connectivity index (χ3v) is 5.95. The summed E-state index contributed by atoms with van der Waals surface area (Å²) in [7, 11) is 0. The van der Waals surface area contributed by atoms with Gasteiger partial charge in [0, 0.05) is 5.92 Å². The predicted octanol–water partition coefficient (Wildman–Crippen LogP) is 8.05. The van der Waals surface area contributed by atoms with Gasteiger partial charge in [-0.2, -0.15) is 0 Å². The fourth-order valence-electron chi connectivity index (χ4n) is 4.40. The molecule has 2 aliphatic carbocycles. The molecule has 0 heteroatoms. The molecule has 1 saturated carbocycles. The molecule has 0 radical (unpaired) electrons. The Labute approximate surface area is 160 Å². The molecule has 0 amide bonds. The maximum Gasteiger partial charge on any atom is 0.00730 e. The van der Waals surface area contributed by atoms with Crippen LogP contribution in [-0.2, 0) is 0 Å². The lowest BCUT2D eigenvalue weighted by molar-refractivity contribution is 0.348. The first-order chi connectivity index (χ1) is 12.6. The summed E-state index contributed by atoms with van der Waals surface area (Å²) in [6.07, 6.45) is 9.14. The van der Waals surface area contributed by atoms with Crippen LogP contribution in [-0.4, -0.2) is 0 Å². The van der Waals surface area contributed by atoms with Crippen molar-refractivity contribution in [1.29, 1.82) is 0 Å². The van der Waals surface area contributed by atoms with E-state index in [-0.39, 0.29) is 0 Å². The van der Waals surface area contributed by atoms with Gasteiger partial charge in [-0.05, 0) is 52.5 Å². The highest BCUT2D eigenvalue weighted by atomic mass is 14.3. The second-order valence-electron chi connectivity index (χ2n) is 8.24. The van der Waals surface area contributed by atoms with Gasteiger partial charge in [-0.15, -0.1) is 0 Å². The van der Waals surface area contributed by atoms with Crippen molar-refractivity contribution in [3.63, 3.8) is 0 Å². The predicted molar refractivity (Wildman–Crippen MR) is 116 cm³/mol. The first-order valence-corrected chi connectivity index (χ1v) is 10.5. The van der Waals surface area contributed by atoms with Crippen molar-refractivity contribution in [2.45, 2.75) is 71.6 Å². The number of fused-ring (bicyclic) bond motifs is 1. The number of benzene rings is 2. The highest BCUT2D eigenvalue weighted by molar-refractivity contribution is 5.91. The standard InChI is InChI=1S/C23H26.C3H8/c1-16-10-12-18(13-11-16)19-7-5-8-20(14-19)23-15-21-6-3-4-9-22(21)17(23)2;1-3-2/h3-9,14-18H,10-13H2,1-2H3;3H2,1-2H3/t16?,17-,18?;/m0./s1. The number of rotatable bonds is 2. The monoisotopic (exact) mass is 346 g/mol. The summed E-state index contributed by atoms with van der Waals surface area (Å²) in [5.74, 6) is 2.19. The molecule has 0 N–H and O–H groups in total. The van der Waals surface area contributed by atoms with Crippen LogP contribution in [0.4, 0.5) is 0 Å². The van der Waals surface area contributed by atoms with Crippen molar-refractivity contribution < 1.29 is 0 Å². The van der Waals surface area contributed by atoms with Gasteiger partial charge in [0.15, 0.2) is 0 Å². The average molecular weight is 347 g/mol. The van der Waals surface area contributed by atoms with Crippen molar-refractivity contribution in [3.8, 4) is 0 Å². The van der Waals surface area contributed by atoms with Gasteiger partial charge in [0.25, 0.3) is 0 Å². The minimum atomic E-state index is 0.507. The van der Waals surface area contributed by atoms with Crippen molar-refractivity contribution >= 4 is 11.6 Å².